The van der Waals surface area contributed by atoms with E-state index in [4.69, 9.17) is 24.3 Å². The van der Waals surface area contributed by atoms with Crippen LogP contribution in [0.1, 0.15) is 296 Å². The molecule has 63 heavy (non-hydrogen) atoms. The third kappa shape index (κ3) is 50.3. The Balaban J connectivity index is 3.65. The number of hydrogen-bond acceptors (Lipinski definition) is 8. The number of ether oxygens (including phenoxy) is 2. The number of carbonyl (C=O) groups is 2. The van der Waals surface area contributed by atoms with Crippen molar-refractivity contribution in [2.75, 3.05) is 26.4 Å². The van der Waals surface area contributed by atoms with Gasteiger partial charge in [-0.3, -0.25) is 18.6 Å². The summed E-state index contributed by atoms with van der Waals surface area (Å²) in [7, 11) is -4.37. The van der Waals surface area contributed by atoms with E-state index in [1.54, 1.807) is 0 Å². The van der Waals surface area contributed by atoms with Gasteiger partial charge in [-0.05, 0) is 12.8 Å². The number of carbonyl (C=O) groups excluding carboxylic acids is 2. The van der Waals surface area contributed by atoms with Crippen molar-refractivity contribution >= 4 is 19.8 Å². The van der Waals surface area contributed by atoms with E-state index in [1.807, 2.05) is 0 Å². The molecular formula is C53H106NO8P. The zero-order chi connectivity index (χ0) is 46.0. The van der Waals surface area contributed by atoms with Crippen LogP contribution in [0.5, 0.6) is 0 Å². The fraction of sp³-hybridized carbons (Fsp3) is 0.962. The summed E-state index contributed by atoms with van der Waals surface area (Å²) < 4.78 is 32.7. The van der Waals surface area contributed by atoms with Gasteiger partial charge < -0.3 is 20.1 Å². The molecule has 0 amide bonds. The molecule has 0 fully saturated rings. The first-order valence-electron chi connectivity index (χ1n) is 27.5. The van der Waals surface area contributed by atoms with Crippen molar-refractivity contribution in [2.45, 2.75) is 302 Å². The largest absolute Gasteiger partial charge is 0.472 e. The van der Waals surface area contributed by atoms with Crippen LogP contribution in [0.15, 0.2) is 0 Å². The van der Waals surface area contributed by atoms with E-state index < -0.39 is 26.5 Å². The Labute approximate surface area is 390 Å². The molecule has 0 radical (unpaired) electrons. The smallest absolute Gasteiger partial charge is 0.462 e. The first kappa shape index (κ1) is 62.0. The van der Waals surface area contributed by atoms with E-state index >= 15 is 0 Å². The Morgan fingerprint density at radius 2 is 0.683 bits per heavy atom. The number of hydrogen-bond donors (Lipinski definition) is 2. The molecule has 0 rings (SSSR count). The van der Waals surface area contributed by atoms with Crippen LogP contribution < -0.4 is 5.73 Å². The van der Waals surface area contributed by atoms with E-state index in [2.05, 4.69) is 13.8 Å². The summed E-state index contributed by atoms with van der Waals surface area (Å²) in [6.07, 6.45) is 55.1. The molecule has 0 aliphatic carbocycles. The Kier molecular flexibility index (Phi) is 49.6. The lowest BCUT2D eigenvalue weighted by molar-refractivity contribution is -0.161. The third-order valence-corrected chi connectivity index (χ3v) is 13.5. The van der Waals surface area contributed by atoms with Gasteiger partial charge in [0.05, 0.1) is 13.2 Å². The molecule has 0 saturated carbocycles. The van der Waals surface area contributed by atoms with E-state index in [1.165, 1.54) is 231 Å². The van der Waals surface area contributed by atoms with Crippen LogP contribution in [-0.2, 0) is 32.7 Å². The fourth-order valence-electron chi connectivity index (χ4n) is 8.40. The Hall–Kier alpha value is -0.990. The SMILES string of the molecule is CCCCCCCCCCCCCCCCCCCCCCCCCCCCCCCCCCCCCC(=O)OC(COC(=O)CCCCCCCCC)COP(=O)(O)OCCN. The standard InChI is InChI=1S/C53H106NO8P/c1-3-5-7-9-11-12-13-14-15-16-17-18-19-20-21-22-23-24-25-26-27-28-29-30-31-32-33-34-35-36-37-38-40-42-44-46-53(56)62-51(50-61-63(57,58)60-48-47-54)49-59-52(55)45-43-41-39-10-8-6-4-2/h51H,3-50,54H2,1-2H3,(H,57,58). The minimum atomic E-state index is -4.37. The lowest BCUT2D eigenvalue weighted by atomic mass is 10.0. The lowest BCUT2D eigenvalue weighted by Gasteiger charge is -2.19. The predicted octanol–water partition coefficient (Wildman–Crippen LogP) is 16.7. The third-order valence-electron chi connectivity index (χ3n) is 12.5. The summed E-state index contributed by atoms with van der Waals surface area (Å²) in [6, 6.07) is 0. The van der Waals surface area contributed by atoms with Crippen molar-refractivity contribution in [1.29, 1.82) is 0 Å². The van der Waals surface area contributed by atoms with E-state index in [9.17, 15) is 19.0 Å². The molecule has 0 aliphatic rings. The number of esters is 2. The highest BCUT2D eigenvalue weighted by Gasteiger charge is 2.26. The maximum absolute atomic E-state index is 12.6. The second-order valence-corrected chi connectivity index (χ2v) is 20.3. The first-order valence-corrected chi connectivity index (χ1v) is 29.0. The van der Waals surface area contributed by atoms with Gasteiger partial charge in [0.1, 0.15) is 6.61 Å². The van der Waals surface area contributed by atoms with Crippen molar-refractivity contribution in [3.8, 4) is 0 Å². The Morgan fingerprint density at radius 1 is 0.413 bits per heavy atom. The van der Waals surface area contributed by atoms with Gasteiger partial charge in [-0.2, -0.15) is 0 Å². The highest BCUT2D eigenvalue weighted by atomic mass is 31.2. The van der Waals surface area contributed by atoms with Crippen LogP contribution in [0.2, 0.25) is 0 Å². The summed E-state index contributed by atoms with van der Waals surface area (Å²) in [5.74, 6) is -0.818. The average Bonchev–Trinajstić information content (AvgIpc) is 3.27. The zero-order valence-electron chi connectivity index (χ0n) is 41.8. The fourth-order valence-corrected chi connectivity index (χ4v) is 9.17. The molecule has 0 heterocycles. The number of unbranched alkanes of at least 4 members (excludes halogenated alkanes) is 40. The summed E-state index contributed by atoms with van der Waals surface area (Å²) >= 11 is 0. The average molecular weight is 916 g/mol. The molecule has 9 nitrogen and oxygen atoms in total. The minimum Gasteiger partial charge on any atom is -0.462 e. The van der Waals surface area contributed by atoms with Crippen molar-refractivity contribution in [3.63, 3.8) is 0 Å². The van der Waals surface area contributed by atoms with Gasteiger partial charge >= 0.3 is 19.8 Å². The molecule has 2 atom stereocenters. The summed E-state index contributed by atoms with van der Waals surface area (Å²) in [5.41, 5.74) is 5.35. The van der Waals surface area contributed by atoms with Gasteiger partial charge in [-0.25, -0.2) is 4.57 Å². The Bertz CT molecular complexity index is 1000. The molecule has 2 unspecified atom stereocenters. The predicted molar refractivity (Wildman–Crippen MR) is 266 cm³/mol. The molecule has 0 spiro atoms. The lowest BCUT2D eigenvalue weighted by Crippen LogP contribution is -2.29. The normalized spacial score (nSPS) is 13.0. The monoisotopic (exact) mass is 916 g/mol. The van der Waals surface area contributed by atoms with Gasteiger partial charge in [0.2, 0.25) is 0 Å². The quantitative estimate of drug-likeness (QED) is 0.0347. The molecule has 0 aromatic heterocycles. The summed E-state index contributed by atoms with van der Waals surface area (Å²) in [6.45, 7) is 3.73. The summed E-state index contributed by atoms with van der Waals surface area (Å²) in [4.78, 5) is 34.8. The van der Waals surface area contributed by atoms with E-state index in [-0.39, 0.29) is 38.6 Å². The van der Waals surface area contributed by atoms with E-state index in [0.29, 0.717) is 6.42 Å². The van der Waals surface area contributed by atoms with Crippen LogP contribution in [-0.4, -0.2) is 49.3 Å². The van der Waals surface area contributed by atoms with Gasteiger partial charge in [0.25, 0.3) is 0 Å². The van der Waals surface area contributed by atoms with Crippen LogP contribution >= 0.6 is 7.82 Å². The molecule has 3 N–H and O–H groups in total. The van der Waals surface area contributed by atoms with Gasteiger partial charge in [0, 0.05) is 19.4 Å². The molecule has 0 bridgehead atoms. The number of phosphoric acid groups is 1. The van der Waals surface area contributed by atoms with Crippen molar-refractivity contribution in [2.24, 2.45) is 5.73 Å². The number of rotatable bonds is 53. The molecule has 0 aliphatic heterocycles. The summed E-state index contributed by atoms with van der Waals surface area (Å²) in [5, 5.41) is 0. The molecular weight excluding hydrogens is 810 g/mol. The molecule has 376 valence electrons. The van der Waals surface area contributed by atoms with Crippen LogP contribution in [0.3, 0.4) is 0 Å². The second kappa shape index (κ2) is 50.4. The number of phosphoric ester groups is 1. The molecule has 0 saturated heterocycles. The van der Waals surface area contributed by atoms with Crippen LogP contribution in [0.4, 0.5) is 0 Å². The molecule has 0 aromatic rings. The maximum atomic E-state index is 12.6. The highest BCUT2D eigenvalue weighted by Crippen LogP contribution is 2.43. The Morgan fingerprint density at radius 3 is 0.968 bits per heavy atom. The van der Waals surface area contributed by atoms with Gasteiger partial charge in [-0.1, -0.05) is 271 Å². The molecule has 0 aromatic carbocycles. The maximum Gasteiger partial charge on any atom is 0.472 e. The van der Waals surface area contributed by atoms with Crippen LogP contribution in [0, 0.1) is 0 Å². The molecule has 10 heteroatoms. The van der Waals surface area contributed by atoms with Crippen molar-refractivity contribution in [3.05, 3.63) is 0 Å². The van der Waals surface area contributed by atoms with Crippen molar-refractivity contribution in [1.82, 2.24) is 0 Å². The first-order chi connectivity index (χ1) is 30.8. The van der Waals surface area contributed by atoms with Crippen LogP contribution in [0.25, 0.3) is 0 Å². The van der Waals surface area contributed by atoms with Gasteiger partial charge in [0.15, 0.2) is 6.10 Å². The van der Waals surface area contributed by atoms with Gasteiger partial charge in [-0.15, -0.1) is 0 Å². The second-order valence-electron chi connectivity index (χ2n) is 18.8. The van der Waals surface area contributed by atoms with Crippen molar-refractivity contribution < 1.29 is 37.6 Å². The van der Waals surface area contributed by atoms with E-state index in [0.717, 1.165) is 32.1 Å². The highest BCUT2D eigenvalue weighted by molar-refractivity contribution is 7.47. The zero-order valence-corrected chi connectivity index (χ0v) is 42.7. The number of nitrogens with two attached hydrogens (primary N) is 1. The topological polar surface area (TPSA) is 134 Å². The minimum absolute atomic E-state index is 0.0578.